The highest BCUT2D eigenvalue weighted by Gasteiger charge is 2.34. The molecule has 0 radical (unpaired) electrons. The first-order valence-electron chi connectivity index (χ1n) is 7.03. The number of amides is 2. The van der Waals surface area contributed by atoms with Gasteiger partial charge in [0, 0.05) is 25.8 Å². The highest BCUT2D eigenvalue weighted by atomic mass is 19.1. The van der Waals surface area contributed by atoms with Gasteiger partial charge in [-0.1, -0.05) is 6.07 Å². The second kappa shape index (κ2) is 6.87. The monoisotopic (exact) mass is 296 g/mol. The standard InChI is InChI=1S/C15H21FN2O3/c1-21-9-12-7-11(3-4-13(12)16)8-17-14(19)18-10-15(20)5-2-6-15/h3-4,7,20H,2,5-6,8-10H2,1H3,(H2,17,18,19). The molecule has 5 nitrogen and oxygen atoms in total. The fourth-order valence-corrected chi connectivity index (χ4v) is 2.26. The first-order chi connectivity index (χ1) is 10.0. The molecule has 1 aromatic carbocycles. The van der Waals surface area contributed by atoms with Crippen molar-refractivity contribution in [2.75, 3.05) is 13.7 Å². The molecule has 1 saturated carbocycles. The van der Waals surface area contributed by atoms with Gasteiger partial charge in [-0.05, 0) is 37.0 Å². The maximum absolute atomic E-state index is 13.4. The van der Waals surface area contributed by atoms with Crippen LogP contribution in [0.25, 0.3) is 0 Å². The molecule has 2 amide bonds. The number of urea groups is 1. The van der Waals surface area contributed by atoms with Crippen LogP contribution in [0.1, 0.15) is 30.4 Å². The van der Waals surface area contributed by atoms with Crippen molar-refractivity contribution >= 4 is 6.03 Å². The Morgan fingerprint density at radius 3 is 2.81 bits per heavy atom. The molecular weight excluding hydrogens is 275 g/mol. The van der Waals surface area contributed by atoms with Crippen LogP contribution >= 0.6 is 0 Å². The van der Waals surface area contributed by atoms with Crippen molar-refractivity contribution in [2.45, 2.75) is 38.0 Å². The first-order valence-corrected chi connectivity index (χ1v) is 7.03. The third-order valence-corrected chi connectivity index (χ3v) is 3.73. The molecule has 2 rings (SSSR count). The lowest BCUT2D eigenvalue weighted by Crippen LogP contribution is -2.49. The molecule has 0 bridgehead atoms. The normalized spacial score (nSPS) is 16.1. The van der Waals surface area contributed by atoms with Crippen molar-refractivity contribution in [2.24, 2.45) is 0 Å². The minimum atomic E-state index is -0.737. The van der Waals surface area contributed by atoms with E-state index in [0.717, 1.165) is 24.8 Å². The number of methoxy groups -OCH3 is 1. The average Bonchev–Trinajstić information content (AvgIpc) is 2.44. The molecule has 0 heterocycles. The fraction of sp³-hybridized carbons (Fsp3) is 0.533. The van der Waals surface area contributed by atoms with Crippen molar-refractivity contribution in [3.8, 4) is 0 Å². The molecule has 6 heteroatoms. The van der Waals surface area contributed by atoms with E-state index in [1.165, 1.54) is 13.2 Å². The summed E-state index contributed by atoms with van der Waals surface area (Å²) in [6, 6.07) is 4.31. The van der Waals surface area contributed by atoms with Gasteiger partial charge in [-0.15, -0.1) is 0 Å². The van der Waals surface area contributed by atoms with Crippen molar-refractivity contribution in [3.63, 3.8) is 0 Å². The molecule has 1 fully saturated rings. The van der Waals surface area contributed by atoms with Gasteiger partial charge in [0.15, 0.2) is 0 Å². The Kier molecular flexibility index (Phi) is 5.14. The SMILES string of the molecule is COCc1cc(CNC(=O)NCC2(O)CCC2)ccc1F. The fourth-order valence-electron chi connectivity index (χ4n) is 2.26. The molecule has 0 aromatic heterocycles. The summed E-state index contributed by atoms with van der Waals surface area (Å²) in [5.41, 5.74) is 0.515. The lowest BCUT2D eigenvalue weighted by molar-refractivity contribution is -0.0290. The third kappa shape index (κ3) is 4.41. The summed E-state index contributed by atoms with van der Waals surface area (Å²) >= 11 is 0. The van der Waals surface area contributed by atoms with E-state index in [9.17, 15) is 14.3 Å². The molecule has 21 heavy (non-hydrogen) atoms. The highest BCUT2D eigenvalue weighted by Crippen LogP contribution is 2.30. The number of halogens is 1. The molecule has 0 saturated heterocycles. The lowest BCUT2D eigenvalue weighted by Gasteiger charge is -2.36. The summed E-state index contributed by atoms with van der Waals surface area (Å²) in [5, 5.41) is 15.2. The number of benzene rings is 1. The Hall–Kier alpha value is -1.66. The van der Waals surface area contributed by atoms with Crippen molar-refractivity contribution in [1.29, 1.82) is 0 Å². The Morgan fingerprint density at radius 1 is 1.43 bits per heavy atom. The number of hydrogen-bond donors (Lipinski definition) is 3. The van der Waals surface area contributed by atoms with Gasteiger partial charge in [0.25, 0.3) is 0 Å². The Labute approximate surface area is 123 Å². The zero-order chi connectivity index (χ0) is 15.3. The van der Waals surface area contributed by atoms with Gasteiger partial charge in [0.05, 0.1) is 12.2 Å². The zero-order valence-electron chi connectivity index (χ0n) is 12.1. The predicted molar refractivity (Wildman–Crippen MR) is 76.2 cm³/mol. The number of rotatable bonds is 6. The highest BCUT2D eigenvalue weighted by molar-refractivity contribution is 5.73. The van der Waals surface area contributed by atoms with Crippen LogP contribution in [0.5, 0.6) is 0 Å². The Balaban J connectivity index is 1.79. The number of nitrogens with one attached hydrogen (secondary N) is 2. The van der Waals surface area contributed by atoms with Crippen molar-refractivity contribution in [3.05, 3.63) is 35.1 Å². The number of carbonyl (C=O) groups excluding carboxylic acids is 1. The second-order valence-electron chi connectivity index (χ2n) is 5.47. The van der Waals surface area contributed by atoms with Gasteiger partial charge in [0.2, 0.25) is 0 Å². The summed E-state index contributed by atoms with van der Waals surface area (Å²) < 4.78 is 18.4. The molecular formula is C15H21FN2O3. The number of ether oxygens (including phenoxy) is 1. The summed E-state index contributed by atoms with van der Waals surface area (Å²) in [6.45, 7) is 0.747. The van der Waals surface area contributed by atoms with Crippen LogP contribution in [0.15, 0.2) is 18.2 Å². The molecule has 1 aliphatic carbocycles. The molecule has 1 aliphatic rings. The topological polar surface area (TPSA) is 70.6 Å². The van der Waals surface area contributed by atoms with Crippen LogP contribution in [0.2, 0.25) is 0 Å². The van der Waals surface area contributed by atoms with E-state index in [2.05, 4.69) is 10.6 Å². The van der Waals surface area contributed by atoms with Crippen LogP contribution < -0.4 is 10.6 Å². The predicted octanol–water partition coefficient (Wildman–Crippen LogP) is 1.69. The van der Waals surface area contributed by atoms with E-state index in [4.69, 9.17) is 4.74 Å². The average molecular weight is 296 g/mol. The lowest BCUT2D eigenvalue weighted by atomic mass is 9.80. The van der Waals surface area contributed by atoms with Crippen molar-refractivity contribution in [1.82, 2.24) is 10.6 Å². The van der Waals surface area contributed by atoms with E-state index in [-0.39, 0.29) is 25.0 Å². The number of carbonyl (C=O) groups is 1. The van der Waals surface area contributed by atoms with Gasteiger partial charge in [0.1, 0.15) is 5.82 Å². The third-order valence-electron chi connectivity index (χ3n) is 3.73. The van der Waals surface area contributed by atoms with Crippen LogP contribution in [0, 0.1) is 5.82 Å². The van der Waals surface area contributed by atoms with E-state index in [1.54, 1.807) is 12.1 Å². The van der Waals surface area contributed by atoms with Gasteiger partial charge in [-0.2, -0.15) is 0 Å². The second-order valence-corrected chi connectivity index (χ2v) is 5.47. The maximum atomic E-state index is 13.4. The first kappa shape index (κ1) is 15.7. The minimum absolute atomic E-state index is 0.193. The van der Waals surface area contributed by atoms with E-state index >= 15 is 0 Å². The van der Waals surface area contributed by atoms with Gasteiger partial charge in [-0.3, -0.25) is 0 Å². The van der Waals surface area contributed by atoms with Crippen LogP contribution in [0.4, 0.5) is 9.18 Å². The number of aliphatic hydroxyl groups is 1. The molecule has 0 aliphatic heterocycles. The maximum Gasteiger partial charge on any atom is 0.315 e. The van der Waals surface area contributed by atoms with Crippen LogP contribution in [-0.4, -0.2) is 30.4 Å². The quantitative estimate of drug-likeness (QED) is 0.748. The smallest absolute Gasteiger partial charge is 0.315 e. The van der Waals surface area contributed by atoms with Gasteiger partial charge < -0.3 is 20.5 Å². The minimum Gasteiger partial charge on any atom is -0.388 e. The molecule has 1 aromatic rings. The summed E-state index contributed by atoms with van der Waals surface area (Å²) in [7, 11) is 1.50. The molecule has 3 N–H and O–H groups in total. The summed E-state index contributed by atoms with van der Waals surface area (Å²) in [6.07, 6.45) is 2.45. The van der Waals surface area contributed by atoms with E-state index < -0.39 is 5.60 Å². The largest absolute Gasteiger partial charge is 0.388 e. The summed E-state index contributed by atoms with van der Waals surface area (Å²) in [5.74, 6) is -0.322. The van der Waals surface area contributed by atoms with E-state index in [1.807, 2.05) is 0 Å². The summed E-state index contributed by atoms with van der Waals surface area (Å²) in [4.78, 5) is 11.6. The van der Waals surface area contributed by atoms with Crippen molar-refractivity contribution < 1.29 is 19.0 Å². The Morgan fingerprint density at radius 2 is 2.19 bits per heavy atom. The molecule has 0 spiro atoms. The molecule has 0 atom stereocenters. The van der Waals surface area contributed by atoms with Crippen LogP contribution in [0.3, 0.4) is 0 Å². The van der Waals surface area contributed by atoms with E-state index in [0.29, 0.717) is 12.1 Å². The molecule has 116 valence electrons. The van der Waals surface area contributed by atoms with Gasteiger partial charge in [-0.25, -0.2) is 9.18 Å². The van der Waals surface area contributed by atoms with Gasteiger partial charge >= 0.3 is 6.03 Å². The zero-order valence-corrected chi connectivity index (χ0v) is 12.1. The number of hydrogen-bond acceptors (Lipinski definition) is 3. The Bertz CT molecular complexity index is 504. The molecule has 0 unspecified atom stereocenters. The van der Waals surface area contributed by atoms with Crippen LogP contribution in [-0.2, 0) is 17.9 Å².